The van der Waals surface area contributed by atoms with Gasteiger partial charge in [0.05, 0.1) is 0 Å². The highest BCUT2D eigenvalue weighted by atomic mass is 16.6. The summed E-state index contributed by atoms with van der Waals surface area (Å²) in [6, 6.07) is 0. The van der Waals surface area contributed by atoms with Gasteiger partial charge in [0.1, 0.15) is 13.2 Å². The Balaban J connectivity index is 4.16. The molecule has 0 aliphatic rings. The van der Waals surface area contributed by atoms with Crippen LogP contribution in [0, 0.1) is 0 Å². The molecule has 0 radical (unpaired) electrons. The van der Waals surface area contributed by atoms with Gasteiger partial charge in [-0.05, 0) is 70.6 Å². The summed E-state index contributed by atoms with van der Waals surface area (Å²) in [5.41, 5.74) is 0. The van der Waals surface area contributed by atoms with Gasteiger partial charge in [-0.1, -0.05) is 279 Å². The lowest BCUT2D eigenvalue weighted by molar-refractivity contribution is -0.167. The van der Waals surface area contributed by atoms with Gasteiger partial charge in [0.2, 0.25) is 0 Å². The van der Waals surface area contributed by atoms with E-state index >= 15 is 0 Å². The summed E-state index contributed by atoms with van der Waals surface area (Å²) in [5.74, 6) is -0.965. The van der Waals surface area contributed by atoms with Crippen LogP contribution in [0.25, 0.3) is 0 Å². The molecular weight excluding hydrogens is 865 g/mol. The number of rotatable bonds is 53. The molecule has 0 aromatic carbocycles. The fourth-order valence-electron chi connectivity index (χ4n) is 8.26. The lowest BCUT2D eigenvalue weighted by Crippen LogP contribution is -2.30. The maximum Gasteiger partial charge on any atom is 0.306 e. The second-order valence-corrected chi connectivity index (χ2v) is 19.5. The predicted molar refractivity (Wildman–Crippen MR) is 302 cm³/mol. The van der Waals surface area contributed by atoms with E-state index in [0.29, 0.717) is 19.3 Å². The zero-order valence-electron chi connectivity index (χ0n) is 46.0. The first-order valence-corrected chi connectivity index (χ1v) is 29.6. The van der Waals surface area contributed by atoms with Crippen molar-refractivity contribution in [2.24, 2.45) is 0 Å². The summed E-state index contributed by atoms with van der Waals surface area (Å²) in [6.07, 6.45) is 76.4. The highest BCUT2D eigenvalue weighted by Crippen LogP contribution is 2.17. The quantitative estimate of drug-likeness (QED) is 0.0261. The Bertz CT molecular complexity index is 1350. The zero-order valence-corrected chi connectivity index (χ0v) is 46.0. The van der Waals surface area contributed by atoms with Crippen LogP contribution in [-0.2, 0) is 28.6 Å². The Labute approximate surface area is 433 Å². The van der Waals surface area contributed by atoms with Crippen LogP contribution in [0.1, 0.15) is 284 Å². The van der Waals surface area contributed by atoms with Gasteiger partial charge in [-0.2, -0.15) is 0 Å². The number of hydrogen-bond donors (Lipinski definition) is 0. The molecule has 0 saturated carbocycles. The van der Waals surface area contributed by atoms with E-state index in [1.54, 1.807) is 0 Å². The van der Waals surface area contributed by atoms with Gasteiger partial charge in [0.25, 0.3) is 0 Å². The van der Waals surface area contributed by atoms with Crippen LogP contribution in [-0.4, -0.2) is 37.2 Å². The van der Waals surface area contributed by atoms with Crippen molar-refractivity contribution in [1.82, 2.24) is 0 Å². The molecule has 402 valence electrons. The molecule has 0 aliphatic heterocycles. The van der Waals surface area contributed by atoms with Crippen molar-refractivity contribution in [1.29, 1.82) is 0 Å². The van der Waals surface area contributed by atoms with Crippen molar-refractivity contribution in [2.75, 3.05) is 13.2 Å². The fourth-order valence-corrected chi connectivity index (χ4v) is 8.26. The lowest BCUT2D eigenvalue weighted by Gasteiger charge is -2.18. The first-order valence-electron chi connectivity index (χ1n) is 29.6. The zero-order chi connectivity index (χ0) is 50.7. The molecule has 0 spiro atoms. The van der Waals surface area contributed by atoms with Crippen LogP contribution < -0.4 is 0 Å². The largest absolute Gasteiger partial charge is 0.462 e. The molecule has 0 aromatic rings. The van der Waals surface area contributed by atoms with Crippen LogP contribution in [0.2, 0.25) is 0 Å². The highest BCUT2D eigenvalue weighted by molar-refractivity contribution is 5.71. The Morgan fingerprint density at radius 1 is 0.300 bits per heavy atom. The van der Waals surface area contributed by atoms with E-state index in [4.69, 9.17) is 14.2 Å². The van der Waals surface area contributed by atoms with Gasteiger partial charge in [0, 0.05) is 19.3 Å². The van der Waals surface area contributed by atoms with Crippen LogP contribution in [0.5, 0.6) is 0 Å². The molecule has 0 heterocycles. The molecule has 0 aliphatic carbocycles. The van der Waals surface area contributed by atoms with E-state index in [0.717, 1.165) is 103 Å². The summed E-state index contributed by atoms with van der Waals surface area (Å²) in [5, 5.41) is 0. The third-order valence-corrected chi connectivity index (χ3v) is 12.7. The SMILES string of the molecule is CC/C=C\C/C=C\C/C=C\C/C=C\C/C=C\C/C=C\C/C=C\CCCC(=O)OC(COC(=O)CCCCCCC)COC(=O)CCCCCCCCCCCCCCCCCCCCCCCCCC. The summed E-state index contributed by atoms with van der Waals surface area (Å²) < 4.78 is 16.7. The molecule has 0 amide bonds. The standard InChI is InChI=1S/C64H110O6/c1-4-7-10-13-15-17-19-21-23-25-27-29-31-33-34-36-38-40-42-44-46-48-51-54-57-63(66)69-60-61(59-68-62(65)56-53-50-12-9-6-3)70-64(67)58-55-52-49-47-45-43-41-39-37-35-32-30-28-26-24-22-20-18-16-14-11-8-5-2/h8,11,16,18,22,24,28,30,35,37,41,43,47,49,61H,4-7,9-10,12-15,17,19-21,23,25-27,29,31-34,36,38-40,42,44-46,48,50-60H2,1-3H3/b11-8-,18-16-,24-22-,30-28-,37-35-,43-41-,49-47-. The normalized spacial score (nSPS) is 12.7. The maximum absolute atomic E-state index is 12.8. The molecule has 0 N–H and O–H groups in total. The van der Waals surface area contributed by atoms with E-state index in [1.165, 1.54) is 135 Å². The third kappa shape index (κ3) is 55.5. The Hall–Kier alpha value is -3.41. The van der Waals surface area contributed by atoms with E-state index in [-0.39, 0.29) is 37.5 Å². The van der Waals surface area contributed by atoms with Crippen molar-refractivity contribution >= 4 is 17.9 Å². The highest BCUT2D eigenvalue weighted by Gasteiger charge is 2.19. The molecule has 0 saturated heterocycles. The maximum atomic E-state index is 12.8. The summed E-state index contributed by atoms with van der Waals surface area (Å²) >= 11 is 0. The van der Waals surface area contributed by atoms with E-state index in [2.05, 4.69) is 106 Å². The van der Waals surface area contributed by atoms with Crippen LogP contribution in [0.4, 0.5) is 0 Å². The molecule has 1 atom stereocenters. The van der Waals surface area contributed by atoms with E-state index in [9.17, 15) is 14.4 Å². The summed E-state index contributed by atoms with van der Waals surface area (Å²) in [4.78, 5) is 37.8. The minimum absolute atomic E-state index is 0.0976. The van der Waals surface area contributed by atoms with Gasteiger partial charge in [-0.25, -0.2) is 0 Å². The van der Waals surface area contributed by atoms with Crippen molar-refractivity contribution < 1.29 is 28.6 Å². The second-order valence-electron chi connectivity index (χ2n) is 19.5. The molecule has 0 bridgehead atoms. The molecule has 0 rings (SSSR count). The van der Waals surface area contributed by atoms with Gasteiger partial charge in [-0.3, -0.25) is 14.4 Å². The fraction of sp³-hybridized carbons (Fsp3) is 0.734. The Kier molecular flexibility index (Phi) is 55.3. The van der Waals surface area contributed by atoms with Gasteiger partial charge >= 0.3 is 17.9 Å². The topological polar surface area (TPSA) is 78.9 Å². The van der Waals surface area contributed by atoms with Crippen LogP contribution >= 0.6 is 0 Å². The molecule has 0 aromatic heterocycles. The number of esters is 3. The summed E-state index contributed by atoms with van der Waals surface area (Å²) in [6.45, 7) is 6.42. The first-order chi connectivity index (χ1) is 34.5. The van der Waals surface area contributed by atoms with Gasteiger partial charge in [0.15, 0.2) is 6.10 Å². The van der Waals surface area contributed by atoms with Gasteiger partial charge in [-0.15, -0.1) is 0 Å². The third-order valence-electron chi connectivity index (χ3n) is 12.7. The number of ether oxygens (including phenoxy) is 3. The van der Waals surface area contributed by atoms with Gasteiger partial charge < -0.3 is 14.2 Å². The minimum atomic E-state index is -0.802. The Morgan fingerprint density at radius 3 is 0.857 bits per heavy atom. The number of carbonyl (C=O) groups excluding carboxylic acids is 3. The molecule has 1 unspecified atom stereocenters. The van der Waals surface area contributed by atoms with Crippen molar-refractivity contribution in [3.63, 3.8) is 0 Å². The number of allylic oxidation sites excluding steroid dienone is 14. The molecule has 70 heavy (non-hydrogen) atoms. The van der Waals surface area contributed by atoms with Crippen LogP contribution in [0.3, 0.4) is 0 Å². The van der Waals surface area contributed by atoms with Crippen molar-refractivity contribution in [3.8, 4) is 0 Å². The number of hydrogen-bond acceptors (Lipinski definition) is 6. The summed E-state index contributed by atoms with van der Waals surface area (Å²) in [7, 11) is 0. The Morgan fingerprint density at radius 2 is 0.557 bits per heavy atom. The lowest BCUT2D eigenvalue weighted by atomic mass is 10.0. The van der Waals surface area contributed by atoms with Crippen LogP contribution in [0.15, 0.2) is 85.1 Å². The monoisotopic (exact) mass is 975 g/mol. The molecular formula is C64H110O6. The van der Waals surface area contributed by atoms with Crippen molar-refractivity contribution in [3.05, 3.63) is 85.1 Å². The van der Waals surface area contributed by atoms with Crippen molar-refractivity contribution in [2.45, 2.75) is 290 Å². The van der Waals surface area contributed by atoms with E-state index in [1.807, 2.05) is 0 Å². The molecule has 6 heteroatoms. The molecule has 6 nitrogen and oxygen atoms in total. The second kappa shape index (κ2) is 58.2. The number of unbranched alkanes of at least 4 members (excludes halogenated alkanes) is 28. The number of carbonyl (C=O) groups is 3. The molecule has 0 fully saturated rings. The average molecular weight is 976 g/mol. The average Bonchev–Trinajstić information content (AvgIpc) is 3.36. The first kappa shape index (κ1) is 66.6. The minimum Gasteiger partial charge on any atom is -0.462 e. The van der Waals surface area contributed by atoms with E-state index < -0.39 is 6.10 Å². The smallest absolute Gasteiger partial charge is 0.306 e. The predicted octanol–water partition coefficient (Wildman–Crippen LogP) is 19.9.